The highest BCUT2D eigenvalue weighted by atomic mass is 14.8. The van der Waals surface area contributed by atoms with Crippen molar-refractivity contribution < 1.29 is 0 Å². The lowest BCUT2D eigenvalue weighted by molar-refractivity contribution is 1.23. The van der Waals surface area contributed by atoms with E-state index in [0.717, 1.165) is 10.9 Å². The van der Waals surface area contributed by atoms with Crippen LogP contribution >= 0.6 is 0 Å². The van der Waals surface area contributed by atoms with Gasteiger partial charge in [0.15, 0.2) is 0 Å². The Bertz CT molecular complexity index is 1260. The molecule has 0 aliphatic rings. The molecule has 0 fully saturated rings. The Kier molecular flexibility index (Phi) is 2.64. The number of fused-ring (bicyclic) bond motifs is 11. The van der Waals surface area contributed by atoms with E-state index >= 15 is 0 Å². The molecule has 0 aliphatic carbocycles. The zero-order valence-corrected chi connectivity index (χ0v) is 14.0. The van der Waals surface area contributed by atoms with Crippen LogP contribution in [0.1, 0.15) is 0 Å². The molecule has 0 aliphatic heterocycles. The monoisotopic (exact) mass is 330 g/mol. The van der Waals surface area contributed by atoms with E-state index in [1.807, 2.05) is 6.20 Å². The van der Waals surface area contributed by atoms with Gasteiger partial charge in [0.25, 0.3) is 0 Å². The summed E-state index contributed by atoms with van der Waals surface area (Å²) in [6.45, 7) is 0. The standard InChI is InChI=1S/C24H14N2/c1-3-9-17-15(7-1)16-8-2-4-10-18(16)23-21-13-25-14-26-24(21)20-12-6-5-11-19(20)22(17)23/h1-14H. The minimum absolute atomic E-state index is 1.02. The fourth-order valence-corrected chi connectivity index (χ4v) is 4.34. The molecule has 0 bridgehead atoms. The predicted octanol–water partition coefficient (Wildman–Crippen LogP) is 6.24. The summed E-state index contributed by atoms with van der Waals surface area (Å²) in [5.41, 5.74) is 1.02. The second kappa shape index (κ2) is 4.99. The molecular weight excluding hydrogens is 316 g/mol. The van der Waals surface area contributed by atoms with Crippen LogP contribution < -0.4 is 0 Å². The first-order valence-corrected chi connectivity index (χ1v) is 8.77. The van der Waals surface area contributed by atoms with Crippen LogP contribution in [0.4, 0.5) is 0 Å². The van der Waals surface area contributed by atoms with E-state index in [9.17, 15) is 0 Å². The van der Waals surface area contributed by atoms with Crippen molar-refractivity contribution in [2.24, 2.45) is 0 Å². The summed E-state index contributed by atoms with van der Waals surface area (Å²) >= 11 is 0. The Morgan fingerprint density at radius 1 is 0.462 bits per heavy atom. The summed E-state index contributed by atoms with van der Waals surface area (Å²) in [4.78, 5) is 8.98. The Balaban J connectivity index is 2.14. The first kappa shape index (κ1) is 13.7. The SMILES string of the molecule is c1ccc2c(c1)c1ccccc1c1c3cncnc3c3ccccc3c21. The molecule has 1 aromatic heterocycles. The van der Waals surface area contributed by atoms with Gasteiger partial charge in [-0.2, -0.15) is 0 Å². The van der Waals surface area contributed by atoms with Crippen LogP contribution in [0.5, 0.6) is 0 Å². The maximum Gasteiger partial charge on any atom is 0.116 e. The maximum atomic E-state index is 4.64. The van der Waals surface area contributed by atoms with Gasteiger partial charge in [0.2, 0.25) is 0 Å². The van der Waals surface area contributed by atoms with Gasteiger partial charge in [0, 0.05) is 22.4 Å². The summed E-state index contributed by atoms with van der Waals surface area (Å²) in [5, 5.41) is 11.2. The molecule has 0 N–H and O–H groups in total. The Hall–Kier alpha value is -3.52. The first-order chi connectivity index (χ1) is 12.9. The third kappa shape index (κ3) is 1.66. The number of nitrogens with zero attached hydrogens (tertiary/aromatic N) is 2. The van der Waals surface area contributed by atoms with Gasteiger partial charge in [-0.25, -0.2) is 9.97 Å². The second-order valence-corrected chi connectivity index (χ2v) is 6.67. The minimum Gasteiger partial charge on any atom is -0.244 e. The van der Waals surface area contributed by atoms with Crippen LogP contribution in [0.15, 0.2) is 85.3 Å². The average Bonchev–Trinajstić information content (AvgIpc) is 2.73. The van der Waals surface area contributed by atoms with E-state index < -0.39 is 0 Å². The summed E-state index contributed by atoms with van der Waals surface area (Å²) in [6, 6.07) is 25.9. The molecule has 0 unspecified atom stereocenters. The van der Waals surface area contributed by atoms with Gasteiger partial charge in [-0.15, -0.1) is 0 Å². The summed E-state index contributed by atoms with van der Waals surface area (Å²) in [7, 11) is 0. The summed E-state index contributed by atoms with van der Waals surface area (Å²) in [5.74, 6) is 0. The first-order valence-electron chi connectivity index (χ1n) is 8.77. The molecular formula is C24H14N2. The van der Waals surface area contributed by atoms with E-state index in [2.05, 4.69) is 82.8 Å². The van der Waals surface area contributed by atoms with Gasteiger partial charge in [0.05, 0.1) is 5.52 Å². The molecule has 1 heterocycles. The van der Waals surface area contributed by atoms with Gasteiger partial charge in [0.1, 0.15) is 6.33 Å². The average molecular weight is 330 g/mol. The van der Waals surface area contributed by atoms with Crippen molar-refractivity contribution in [3.05, 3.63) is 85.3 Å². The van der Waals surface area contributed by atoms with Crippen molar-refractivity contribution in [1.82, 2.24) is 9.97 Å². The van der Waals surface area contributed by atoms with Gasteiger partial charge >= 0.3 is 0 Å². The number of hydrogen-bond acceptors (Lipinski definition) is 2. The fourth-order valence-electron chi connectivity index (χ4n) is 4.34. The van der Waals surface area contributed by atoms with E-state index in [-0.39, 0.29) is 0 Å². The molecule has 6 aromatic rings. The molecule has 0 radical (unpaired) electrons. The molecule has 120 valence electrons. The van der Waals surface area contributed by atoms with Crippen molar-refractivity contribution in [2.45, 2.75) is 0 Å². The van der Waals surface area contributed by atoms with Gasteiger partial charge in [-0.1, -0.05) is 72.8 Å². The fraction of sp³-hybridized carbons (Fsp3) is 0. The molecule has 0 amide bonds. The van der Waals surface area contributed by atoms with Crippen molar-refractivity contribution in [3.8, 4) is 0 Å². The number of rotatable bonds is 0. The van der Waals surface area contributed by atoms with Crippen LogP contribution in [0.2, 0.25) is 0 Å². The van der Waals surface area contributed by atoms with Crippen LogP contribution in [-0.2, 0) is 0 Å². The topological polar surface area (TPSA) is 25.8 Å². The minimum atomic E-state index is 1.02. The highest BCUT2D eigenvalue weighted by Crippen LogP contribution is 2.42. The molecule has 0 atom stereocenters. The summed E-state index contributed by atoms with van der Waals surface area (Å²) in [6.07, 6.45) is 3.60. The van der Waals surface area contributed by atoms with Crippen molar-refractivity contribution in [2.75, 3.05) is 0 Å². The van der Waals surface area contributed by atoms with Gasteiger partial charge in [-0.05, 0) is 32.3 Å². The molecule has 26 heavy (non-hydrogen) atoms. The number of hydrogen-bond donors (Lipinski definition) is 0. The molecule has 0 saturated heterocycles. The normalized spacial score (nSPS) is 11.8. The van der Waals surface area contributed by atoms with Crippen molar-refractivity contribution >= 4 is 54.0 Å². The molecule has 2 nitrogen and oxygen atoms in total. The third-order valence-electron chi connectivity index (χ3n) is 5.37. The smallest absolute Gasteiger partial charge is 0.116 e. The van der Waals surface area contributed by atoms with Crippen LogP contribution in [0.3, 0.4) is 0 Å². The number of benzene rings is 5. The lowest BCUT2D eigenvalue weighted by atomic mass is 9.89. The lowest BCUT2D eigenvalue weighted by Gasteiger charge is -2.15. The Morgan fingerprint density at radius 2 is 0.923 bits per heavy atom. The van der Waals surface area contributed by atoms with Crippen LogP contribution in [0, 0.1) is 0 Å². The zero-order valence-electron chi connectivity index (χ0n) is 14.0. The predicted molar refractivity (Wildman–Crippen MR) is 110 cm³/mol. The summed E-state index contributed by atoms with van der Waals surface area (Å²) < 4.78 is 0. The molecule has 0 spiro atoms. The van der Waals surface area contributed by atoms with E-state index in [1.54, 1.807) is 6.33 Å². The zero-order chi connectivity index (χ0) is 17.1. The third-order valence-corrected chi connectivity index (χ3v) is 5.37. The Morgan fingerprint density at radius 3 is 1.54 bits per heavy atom. The molecule has 0 saturated carbocycles. The van der Waals surface area contributed by atoms with Gasteiger partial charge < -0.3 is 0 Å². The molecule has 2 heteroatoms. The Labute approximate surface area is 149 Å². The van der Waals surface area contributed by atoms with Gasteiger partial charge in [-0.3, -0.25) is 0 Å². The van der Waals surface area contributed by atoms with E-state index in [0.29, 0.717) is 0 Å². The van der Waals surface area contributed by atoms with Crippen LogP contribution in [0.25, 0.3) is 54.0 Å². The van der Waals surface area contributed by atoms with E-state index in [1.165, 1.54) is 43.1 Å². The quantitative estimate of drug-likeness (QED) is 0.308. The number of aromatic nitrogens is 2. The highest BCUT2D eigenvalue weighted by molar-refractivity contribution is 6.38. The second-order valence-electron chi connectivity index (χ2n) is 6.67. The lowest BCUT2D eigenvalue weighted by Crippen LogP contribution is -1.90. The highest BCUT2D eigenvalue weighted by Gasteiger charge is 2.15. The maximum absolute atomic E-state index is 4.64. The van der Waals surface area contributed by atoms with Crippen molar-refractivity contribution in [3.63, 3.8) is 0 Å². The molecule has 5 aromatic carbocycles. The van der Waals surface area contributed by atoms with Crippen molar-refractivity contribution in [1.29, 1.82) is 0 Å². The van der Waals surface area contributed by atoms with E-state index in [4.69, 9.17) is 0 Å². The van der Waals surface area contributed by atoms with Crippen LogP contribution in [-0.4, -0.2) is 9.97 Å². The molecule has 6 rings (SSSR count). The largest absolute Gasteiger partial charge is 0.244 e.